The highest BCUT2D eigenvalue weighted by Gasteiger charge is 2.32. The van der Waals surface area contributed by atoms with E-state index >= 15 is 0 Å². The molecular formula is C30H33N3O4S. The van der Waals surface area contributed by atoms with E-state index in [1.54, 1.807) is 6.07 Å². The van der Waals surface area contributed by atoms with Crippen LogP contribution in [0.15, 0.2) is 47.5 Å². The first-order valence-corrected chi connectivity index (χ1v) is 14.5. The first-order valence-electron chi connectivity index (χ1n) is 13.5. The molecule has 0 radical (unpaired) electrons. The number of nitrogens with zero attached hydrogens (tertiary/aromatic N) is 1. The lowest BCUT2D eigenvalue weighted by Gasteiger charge is -2.36. The molecule has 7 nitrogen and oxygen atoms in total. The van der Waals surface area contributed by atoms with Gasteiger partial charge in [0.15, 0.2) is 0 Å². The Morgan fingerprint density at radius 1 is 1.13 bits per heavy atom. The monoisotopic (exact) mass is 531 g/mol. The number of amides is 2. The van der Waals surface area contributed by atoms with Crippen molar-refractivity contribution in [2.75, 3.05) is 17.7 Å². The van der Waals surface area contributed by atoms with Crippen LogP contribution in [0.2, 0.25) is 0 Å². The predicted octanol–water partition coefficient (Wildman–Crippen LogP) is 5.61. The van der Waals surface area contributed by atoms with Crippen molar-refractivity contribution in [1.29, 1.82) is 0 Å². The molecule has 1 aliphatic carbocycles. The molecule has 0 saturated heterocycles. The lowest BCUT2D eigenvalue weighted by Crippen LogP contribution is -2.40. The van der Waals surface area contributed by atoms with Gasteiger partial charge in [0, 0.05) is 33.4 Å². The van der Waals surface area contributed by atoms with Crippen molar-refractivity contribution in [3.8, 4) is 11.5 Å². The Hall–Kier alpha value is -3.26. The number of anilines is 1. The zero-order valence-electron chi connectivity index (χ0n) is 21.8. The van der Waals surface area contributed by atoms with Crippen LogP contribution in [0.5, 0.6) is 11.5 Å². The third-order valence-electron chi connectivity index (χ3n) is 7.85. The standard InChI is InChI=1S/C30H33N3O4S/c1-17(2)37-22-8-9-25-23(13-22)24-11-20(15-36-27(24)14-31-25)18-3-6-21(7-4-18)32-30(35)19-5-10-28-26(12-19)33-29(34)16-38-28/h5,8-10,12-14,17-18,20-21H,3-4,6-7,11,15-16H2,1-2H3,(H,32,35)(H,33,34). The van der Waals surface area contributed by atoms with Crippen molar-refractivity contribution in [2.45, 2.75) is 63.0 Å². The first-order chi connectivity index (χ1) is 18.4. The van der Waals surface area contributed by atoms with Crippen LogP contribution in [0.25, 0.3) is 10.9 Å². The predicted molar refractivity (Wildman–Crippen MR) is 149 cm³/mol. The molecular weight excluding hydrogens is 498 g/mol. The fraction of sp³-hybridized carbons (Fsp3) is 0.433. The summed E-state index contributed by atoms with van der Waals surface area (Å²) in [4.78, 5) is 30.3. The maximum Gasteiger partial charge on any atom is 0.251 e. The smallest absolute Gasteiger partial charge is 0.251 e. The third-order valence-corrected chi connectivity index (χ3v) is 8.92. The van der Waals surface area contributed by atoms with Crippen molar-refractivity contribution in [1.82, 2.24) is 10.3 Å². The second-order valence-corrected chi connectivity index (χ2v) is 11.9. The maximum absolute atomic E-state index is 13.0. The van der Waals surface area contributed by atoms with Gasteiger partial charge in [-0.05, 0) is 88.3 Å². The molecule has 38 heavy (non-hydrogen) atoms. The molecule has 2 aromatic carbocycles. The van der Waals surface area contributed by atoms with Crippen molar-refractivity contribution in [3.05, 3.63) is 53.7 Å². The number of fused-ring (bicyclic) bond motifs is 4. The number of carbonyl (C=O) groups excluding carboxylic acids is 2. The largest absolute Gasteiger partial charge is 0.491 e. The van der Waals surface area contributed by atoms with E-state index in [0.717, 1.165) is 65.1 Å². The molecule has 1 unspecified atom stereocenters. The molecule has 2 aliphatic heterocycles. The van der Waals surface area contributed by atoms with Crippen LogP contribution >= 0.6 is 11.8 Å². The van der Waals surface area contributed by atoms with Crippen molar-refractivity contribution in [2.24, 2.45) is 11.8 Å². The summed E-state index contributed by atoms with van der Waals surface area (Å²) in [7, 11) is 0. The molecule has 0 spiro atoms. The van der Waals surface area contributed by atoms with E-state index in [1.165, 1.54) is 17.3 Å². The van der Waals surface area contributed by atoms with Crippen LogP contribution in [0.4, 0.5) is 5.69 Å². The number of carbonyl (C=O) groups is 2. The molecule has 1 atom stereocenters. The van der Waals surface area contributed by atoms with Crippen molar-refractivity contribution >= 4 is 40.2 Å². The SMILES string of the molecule is CC(C)Oc1ccc2ncc3c(c2c1)CC(C1CCC(NC(=O)c2ccc4c(c2)NC(=O)CS4)CC1)CO3. The molecule has 6 rings (SSSR count). The zero-order valence-corrected chi connectivity index (χ0v) is 22.6. The summed E-state index contributed by atoms with van der Waals surface area (Å²) >= 11 is 1.50. The number of aromatic nitrogens is 1. The van der Waals surface area contributed by atoms with Crippen LogP contribution < -0.4 is 20.1 Å². The van der Waals surface area contributed by atoms with E-state index in [0.29, 0.717) is 29.8 Å². The molecule has 8 heteroatoms. The Balaban J connectivity index is 1.09. The van der Waals surface area contributed by atoms with Gasteiger partial charge in [-0.1, -0.05) is 0 Å². The van der Waals surface area contributed by atoms with Crippen LogP contribution in [-0.2, 0) is 11.2 Å². The summed E-state index contributed by atoms with van der Waals surface area (Å²) in [5.74, 6) is 3.07. The van der Waals surface area contributed by atoms with Gasteiger partial charge in [0.2, 0.25) is 5.91 Å². The minimum atomic E-state index is -0.0746. The highest BCUT2D eigenvalue weighted by molar-refractivity contribution is 8.00. The average molecular weight is 532 g/mol. The summed E-state index contributed by atoms with van der Waals surface area (Å²) < 4.78 is 12.2. The number of ether oxygens (including phenoxy) is 2. The number of rotatable bonds is 5. The van der Waals surface area contributed by atoms with E-state index in [2.05, 4.69) is 21.7 Å². The van der Waals surface area contributed by atoms with Gasteiger partial charge in [0.05, 0.1) is 35.9 Å². The van der Waals surface area contributed by atoms with Crippen molar-refractivity contribution < 1.29 is 19.1 Å². The molecule has 0 bridgehead atoms. The number of nitrogens with one attached hydrogen (secondary N) is 2. The first kappa shape index (κ1) is 25.0. The Bertz CT molecular complexity index is 1380. The van der Waals surface area contributed by atoms with Crippen LogP contribution in [0.3, 0.4) is 0 Å². The lowest BCUT2D eigenvalue weighted by molar-refractivity contribution is -0.113. The van der Waals surface area contributed by atoms with Gasteiger partial charge in [0.1, 0.15) is 11.5 Å². The minimum absolute atomic E-state index is 0.0266. The molecule has 1 saturated carbocycles. The number of hydrogen-bond acceptors (Lipinski definition) is 6. The highest BCUT2D eigenvalue weighted by Crippen LogP contribution is 2.40. The van der Waals surface area contributed by atoms with Crippen molar-refractivity contribution in [3.63, 3.8) is 0 Å². The molecule has 2 amide bonds. The third kappa shape index (κ3) is 5.19. The molecule has 1 aromatic heterocycles. The Kier molecular flexibility index (Phi) is 6.91. The van der Waals surface area contributed by atoms with E-state index < -0.39 is 0 Å². The molecule has 2 N–H and O–H groups in total. The summed E-state index contributed by atoms with van der Waals surface area (Å²) in [6.45, 7) is 4.78. The van der Waals surface area contributed by atoms with Gasteiger partial charge in [-0.3, -0.25) is 14.6 Å². The van der Waals surface area contributed by atoms with Crippen LogP contribution in [-0.4, -0.2) is 41.3 Å². The minimum Gasteiger partial charge on any atom is -0.491 e. The topological polar surface area (TPSA) is 89.5 Å². The summed E-state index contributed by atoms with van der Waals surface area (Å²) in [5.41, 5.74) is 3.52. The van der Waals surface area contributed by atoms with Gasteiger partial charge >= 0.3 is 0 Å². The highest BCUT2D eigenvalue weighted by atomic mass is 32.2. The second kappa shape index (κ2) is 10.5. The fourth-order valence-corrected chi connectivity index (χ4v) is 6.73. The molecule has 3 heterocycles. The number of benzene rings is 2. The summed E-state index contributed by atoms with van der Waals surface area (Å²) in [6.07, 6.45) is 6.99. The molecule has 1 fully saturated rings. The van der Waals surface area contributed by atoms with Gasteiger partial charge < -0.3 is 20.1 Å². The van der Waals surface area contributed by atoms with Gasteiger partial charge in [-0.15, -0.1) is 11.8 Å². The Labute approximate surface area is 227 Å². The normalized spacial score (nSPS) is 22.7. The fourth-order valence-electron chi connectivity index (χ4n) is 5.94. The summed E-state index contributed by atoms with van der Waals surface area (Å²) in [6, 6.07) is 11.8. The Morgan fingerprint density at radius 2 is 1.97 bits per heavy atom. The van der Waals surface area contributed by atoms with Crippen LogP contribution in [0.1, 0.15) is 55.5 Å². The van der Waals surface area contributed by atoms with E-state index in [1.807, 2.05) is 44.3 Å². The number of hydrogen-bond donors (Lipinski definition) is 2. The number of pyridine rings is 1. The lowest BCUT2D eigenvalue weighted by atomic mass is 9.75. The second-order valence-electron chi connectivity index (χ2n) is 10.9. The maximum atomic E-state index is 13.0. The Morgan fingerprint density at radius 3 is 2.79 bits per heavy atom. The van der Waals surface area contributed by atoms with E-state index in [9.17, 15) is 9.59 Å². The van der Waals surface area contributed by atoms with Gasteiger partial charge in [0.25, 0.3) is 5.91 Å². The zero-order chi connectivity index (χ0) is 26.2. The molecule has 3 aromatic rings. The summed E-state index contributed by atoms with van der Waals surface area (Å²) in [5, 5.41) is 7.21. The molecule has 198 valence electrons. The molecule has 3 aliphatic rings. The van der Waals surface area contributed by atoms with E-state index in [-0.39, 0.29) is 24.0 Å². The van der Waals surface area contributed by atoms with Gasteiger partial charge in [-0.25, -0.2) is 0 Å². The quantitative estimate of drug-likeness (QED) is 0.445. The number of thioether (sulfide) groups is 1. The van der Waals surface area contributed by atoms with Crippen LogP contribution in [0, 0.1) is 11.8 Å². The average Bonchev–Trinajstić information content (AvgIpc) is 2.92. The van der Waals surface area contributed by atoms with Gasteiger partial charge in [-0.2, -0.15) is 0 Å². The van der Waals surface area contributed by atoms with E-state index in [4.69, 9.17) is 9.47 Å².